The number of ether oxygens (including phenoxy) is 1. The Morgan fingerprint density at radius 2 is 2.06 bits per heavy atom. The molecule has 4 aromatic rings. The van der Waals surface area contributed by atoms with Crippen LogP contribution in [0.2, 0.25) is 0 Å². The summed E-state index contributed by atoms with van der Waals surface area (Å²) in [5, 5.41) is 18.9. The minimum atomic E-state index is -0.617. The number of halogens is 1. The molecule has 0 atom stereocenters. The van der Waals surface area contributed by atoms with E-state index in [4.69, 9.17) is 4.74 Å². The number of hydrogen-bond acceptors (Lipinski definition) is 6. The van der Waals surface area contributed by atoms with E-state index in [2.05, 4.69) is 20.4 Å². The van der Waals surface area contributed by atoms with E-state index in [1.807, 2.05) is 37.3 Å². The monoisotopic (exact) mass is 421 g/mol. The van der Waals surface area contributed by atoms with E-state index in [0.717, 1.165) is 23.7 Å². The van der Waals surface area contributed by atoms with E-state index < -0.39 is 11.4 Å². The summed E-state index contributed by atoms with van der Waals surface area (Å²) in [6.07, 6.45) is 6.13. The van der Waals surface area contributed by atoms with Crippen LogP contribution in [-0.2, 0) is 0 Å². The SMILES string of the molecule is COc1nc(N[C@H]2CC[C@](C)(O)CC2)nn2cc(F)c(-c3ccc4ncccc4c3)c12. The van der Waals surface area contributed by atoms with Gasteiger partial charge in [0.2, 0.25) is 11.8 Å². The molecule has 1 fully saturated rings. The van der Waals surface area contributed by atoms with Crippen molar-refractivity contribution in [3.05, 3.63) is 48.5 Å². The van der Waals surface area contributed by atoms with Crippen LogP contribution in [0.5, 0.6) is 5.88 Å². The molecule has 0 unspecified atom stereocenters. The summed E-state index contributed by atoms with van der Waals surface area (Å²) in [5.74, 6) is 0.271. The maximum absolute atomic E-state index is 15.1. The Labute approximate surface area is 178 Å². The van der Waals surface area contributed by atoms with Gasteiger partial charge in [-0.05, 0) is 56.4 Å². The molecule has 3 aromatic heterocycles. The third-order valence-electron chi connectivity index (χ3n) is 6.03. The number of hydrogen-bond donors (Lipinski definition) is 2. The highest BCUT2D eigenvalue weighted by atomic mass is 19.1. The van der Waals surface area contributed by atoms with Gasteiger partial charge in [0.1, 0.15) is 5.52 Å². The zero-order valence-corrected chi connectivity index (χ0v) is 17.5. The van der Waals surface area contributed by atoms with E-state index in [9.17, 15) is 5.11 Å². The summed E-state index contributed by atoms with van der Waals surface area (Å²) >= 11 is 0. The lowest BCUT2D eigenvalue weighted by Gasteiger charge is -2.33. The molecule has 1 saturated carbocycles. The van der Waals surface area contributed by atoms with Crippen molar-refractivity contribution in [3.63, 3.8) is 0 Å². The second-order valence-electron chi connectivity index (χ2n) is 8.42. The van der Waals surface area contributed by atoms with E-state index in [1.165, 1.54) is 17.8 Å². The fourth-order valence-corrected chi connectivity index (χ4v) is 4.30. The van der Waals surface area contributed by atoms with Crippen molar-refractivity contribution in [2.75, 3.05) is 12.4 Å². The van der Waals surface area contributed by atoms with Crippen LogP contribution in [0.25, 0.3) is 27.5 Å². The molecule has 1 aliphatic carbocycles. The lowest BCUT2D eigenvalue weighted by molar-refractivity contribution is 0.0195. The number of methoxy groups -OCH3 is 1. The normalized spacial score (nSPS) is 21.5. The first kappa shape index (κ1) is 19.7. The van der Waals surface area contributed by atoms with Crippen LogP contribution in [0.1, 0.15) is 32.6 Å². The van der Waals surface area contributed by atoms with Crippen LogP contribution >= 0.6 is 0 Å². The number of nitrogens with one attached hydrogen (secondary N) is 1. The van der Waals surface area contributed by atoms with Crippen LogP contribution in [-0.4, -0.2) is 43.4 Å². The first-order valence-corrected chi connectivity index (χ1v) is 10.4. The molecular formula is C23H24FN5O2. The average Bonchev–Trinajstić information content (AvgIpc) is 3.10. The summed E-state index contributed by atoms with van der Waals surface area (Å²) in [6, 6.07) is 9.56. The highest BCUT2D eigenvalue weighted by Crippen LogP contribution is 2.36. The lowest BCUT2D eigenvalue weighted by atomic mass is 9.84. The van der Waals surface area contributed by atoms with Gasteiger partial charge in [0.15, 0.2) is 5.82 Å². The van der Waals surface area contributed by atoms with Crippen LogP contribution < -0.4 is 10.1 Å². The Bertz CT molecular complexity index is 1260. The number of anilines is 1. The van der Waals surface area contributed by atoms with Crippen molar-refractivity contribution >= 4 is 22.4 Å². The van der Waals surface area contributed by atoms with Crippen molar-refractivity contribution in [1.29, 1.82) is 0 Å². The molecule has 5 rings (SSSR count). The Morgan fingerprint density at radius 3 is 2.84 bits per heavy atom. The molecule has 0 bridgehead atoms. The number of fused-ring (bicyclic) bond motifs is 2. The Kier molecular flexibility index (Phi) is 4.74. The van der Waals surface area contributed by atoms with Crippen molar-refractivity contribution in [2.45, 2.75) is 44.2 Å². The molecule has 3 heterocycles. The summed E-state index contributed by atoms with van der Waals surface area (Å²) in [5.41, 5.74) is 1.80. The second kappa shape index (κ2) is 7.46. The summed E-state index contributed by atoms with van der Waals surface area (Å²) in [6.45, 7) is 1.86. The molecular weight excluding hydrogens is 397 g/mol. The van der Waals surface area contributed by atoms with Crippen LogP contribution in [0.4, 0.5) is 10.3 Å². The number of aromatic nitrogens is 4. The predicted molar refractivity (Wildman–Crippen MR) is 117 cm³/mol. The molecule has 31 heavy (non-hydrogen) atoms. The molecule has 0 spiro atoms. The number of pyridine rings is 1. The number of benzene rings is 1. The molecule has 0 aliphatic heterocycles. The largest absolute Gasteiger partial charge is 0.479 e. The van der Waals surface area contributed by atoms with Crippen molar-refractivity contribution in [1.82, 2.24) is 19.6 Å². The number of aliphatic hydroxyl groups is 1. The smallest absolute Gasteiger partial charge is 0.244 e. The lowest BCUT2D eigenvalue weighted by Crippen LogP contribution is -2.36. The molecule has 1 aliphatic rings. The summed E-state index contributed by atoms with van der Waals surface area (Å²) in [7, 11) is 1.52. The van der Waals surface area contributed by atoms with Gasteiger partial charge in [-0.3, -0.25) is 4.98 Å². The second-order valence-corrected chi connectivity index (χ2v) is 8.42. The van der Waals surface area contributed by atoms with E-state index >= 15 is 4.39 Å². The Hall–Kier alpha value is -3.26. The zero-order chi connectivity index (χ0) is 21.6. The molecule has 0 amide bonds. The quantitative estimate of drug-likeness (QED) is 0.514. The molecule has 2 N–H and O–H groups in total. The minimum Gasteiger partial charge on any atom is -0.479 e. The number of rotatable bonds is 4. The van der Waals surface area contributed by atoms with Crippen molar-refractivity contribution < 1.29 is 14.2 Å². The fourth-order valence-electron chi connectivity index (χ4n) is 4.30. The van der Waals surface area contributed by atoms with Crippen LogP contribution in [0.15, 0.2) is 42.7 Å². The van der Waals surface area contributed by atoms with Gasteiger partial charge in [0.25, 0.3) is 0 Å². The number of nitrogens with zero attached hydrogens (tertiary/aromatic N) is 4. The van der Waals surface area contributed by atoms with E-state index in [0.29, 0.717) is 41.3 Å². The minimum absolute atomic E-state index is 0.148. The maximum atomic E-state index is 15.1. The van der Waals surface area contributed by atoms with Gasteiger partial charge in [0.05, 0.1) is 30.0 Å². The Morgan fingerprint density at radius 1 is 1.26 bits per heavy atom. The molecule has 0 radical (unpaired) electrons. The third kappa shape index (κ3) is 3.67. The Balaban J connectivity index is 1.54. The van der Waals surface area contributed by atoms with Crippen LogP contribution in [0.3, 0.4) is 0 Å². The average molecular weight is 421 g/mol. The summed E-state index contributed by atoms with van der Waals surface area (Å²) in [4.78, 5) is 8.83. The van der Waals surface area contributed by atoms with Gasteiger partial charge >= 0.3 is 0 Å². The van der Waals surface area contributed by atoms with Crippen molar-refractivity contribution in [3.8, 4) is 17.0 Å². The van der Waals surface area contributed by atoms with E-state index in [1.54, 1.807) is 6.20 Å². The fraction of sp³-hybridized carbons (Fsp3) is 0.348. The van der Waals surface area contributed by atoms with Gasteiger partial charge < -0.3 is 15.2 Å². The first-order chi connectivity index (χ1) is 14.9. The van der Waals surface area contributed by atoms with Gasteiger partial charge in [-0.25, -0.2) is 8.91 Å². The van der Waals surface area contributed by atoms with Gasteiger partial charge in [-0.2, -0.15) is 4.98 Å². The van der Waals surface area contributed by atoms with E-state index in [-0.39, 0.29) is 6.04 Å². The highest BCUT2D eigenvalue weighted by Gasteiger charge is 2.29. The first-order valence-electron chi connectivity index (χ1n) is 10.4. The topological polar surface area (TPSA) is 84.6 Å². The maximum Gasteiger partial charge on any atom is 0.244 e. The predicted octanol–water partition coefficient (Wildman–Crippen LogP) is 4.20. The third-order valence-corrected chi connectivity index (χ3v) is 6.03. The standard InChI is InChI=1S/C23H24FN5O2/c1-23(30)9-7-16(8-10-23)26-22-27-21(31-2)20-19(17(24)13-29(20)28-22)15-5-6-18-14(12-15)4-3-11-25-18/h3-6,11-13,16,30H,7-10H2,1-2H3,(H,26,28)/t16-,23-. The zero-order valence-electron chi connectivity index (χ0n) is 17.5. The van der Waals surface area contributed by atoms with Crippen molar-refractivity contribution in [2.24, 2.45) is 0 Å². The molecule has 0 saturated heterocycles. The molecule has 1 aromatic carbocycles. The van der Waals surface area contributed by atoms with Gasteiger partial charge in [-0.1, -0.05) is 12.1 Å². The summed E-state index contributed by atoms with van der Waals surface area (Å²) < 4.78 is 22.1. The van der Waals surface area contributed by atoms with Crippen LogP contribution in [0, 0.1) is 5.82 Å². The molecule has 8 heteroatoms. The molecule has 7 nitrogen and oxygen atoms in total. The van der Waals surface area contributed by atoms with Gasteiger partial charge in [-0.15, -0.1) is 5.10 Å². The molecule has 160 valence electrons. The highest BCUT2D eigenvalue weighted by molar-refractivity contribution is 5.90. The van der Waals surface area contributed by atoms with Gasteiger partial charge in [0, 0.05) is 17.6 Å².